The zero-order chi connectivity index (χ0) is 17.1. The van der Waals surface area contributed by atoms with Crippen LogP contribution in [0.3, 0.4) is 0 Å². The second-order valence-corrected chi connectivity index (χ2v) is 5.59. The summed E-state index contributed by atoms with van der Waals surface area (Å²) in [6, 6.07) is 15.6. The van der Waals surface area contributed by atoms with Gasteiger partial charge in [0, 0.05) is 0 Å². The highest BCUT2D eigenvalue weighted by atomic mass is 16.4. The van der Waals surface area contributed by atoms with Crippen LogP contribution < -0.4 is 0 Å². The molecule has 0 fully saturated rings. The molecule has 2 aromatic rings. The van der Waals surface area contributed by atoms with Crippen LogP contribution in [0.2, 0.25) is 0 Å². The molecule has 120 valence electrons. The summed E-state index contributed by atoms with van der Waals surface area (Å²) in [5.41, 5.74) is 4.82. The topological polar surface area (TPSA) is 74.6 Å². The van der Waals surface area contributed by atoms with Crippen molar-refractivity contribution in [3.05, 3.63) is 76.9 Å². The van der Waals surface area contributed by atoms with Crippen LogP contribution >= 0.6 is 0 Å². The summed E-state index contributed by atoms with van der Waals surface area (Å²) < 4.78 is 0. The van der Waals surface area contributed by atoms with Crippen molar-refractivity contribution in [1.29, 1.82) is 0 Å². The molecule has 0 amide bonds. The van der Waals surface area contributed by atoms with Gasteiger partial charge in [0.25, 0.3) is 0 Å². The van der Waals surface area contributed by atoms with E-state index in [4.69, 9.17) is 10.2 Å². The van der Waals surface area contributed by atoms with Gasteiger partial charge in [0.05, 0.1) is 0 Å². The zero-order valence-corrected chi connectivity index (χ0v) is 12.8. The molecule has 0 radical (unpaired) electrons. The first-order valence-electron chi connectivity index (χ1n) is 7.60. The van der Waals surface area contributed by atoms with E-state index in [1.54, 1.807) is 6.08 Å². The molecule has 0 heterocycles. The van der Waals surface area contributed by atoms with Gasteiger partial charge in [0.1, 0.15) is 0 Å². The van der Waals surface area contributed by atoms with E-state index in [1.807, 2.05) is 60.7 Å². The fraction of sp³-hybridized carbons (Fsp3) is 0.100. The Bertz CT molecular complexity index is 796. The number of carboxylic acids is 2. The lowest BCUT2D eigenvalue weighted by Crippen LogP contribution is -2.22. The van der Waals surface area contributed by atoms with Crippen LogP contribution in [0.4, 0.5) is 0 Å². The molecule has 0 aliphatic heterocycles. The Kier molecular flexibility index (Phi) is 4.29. The average Bonchev–Trinajstić information content (AvgIpc) is 2.72. The molecule has 0 atom stereocenters. The second kappa shape index (κ2) is 6.54. The Morgan fingerprint density at radius 2 is 1.29 bits per heavy atom. The van der Waals surface area contributed by atoms with Gasteiger partial charge in [-0.05, 0) is 34.2 Å². The number of rotatable bonds is 4. The van der Waals surface area contributed by atoms with Crippen LogP contribution in [0, 0.1) is 5.92 Å². The van der Waals surface area contributed by atoms with Crippen molar-refractivity contribution in [3.8, 4) is 0 Å². The molecule has 2 aromatic carbocycles. The maximum Gasteiger partial charge on any atom is 0.318 e. The molecule has 0 aromatic heterocycles. The largest absolute Gasteiger partial charge is 0.481 e. The van der Waals surface area contributed by atoms with Gasteiger partial charge in [-0.3, -0.25) is 9.59 Å². The third-order valence-corrected chi connectivity index (χ3v) is 4.10. The van der Waals surface area contributed by atoms with Crippen LogP contribution in [0.1, 0.15) is 28.7 Å². The van der Waals surface area contributed by atoms with Crippen molar-refractivity contribution in [2.75, 3.05) is 0 Å². The molecule has 24 heavy (non-hydrogen) atoms. The number of allylic oxidation sites excluding steroid dienone is 1. The number of hydrogen-bond acceptors (Lipinski definition) is 2. The first-order valence-corrected chi connectivity index (χ1v) is 7.60. The van der Waals surface area contributed by atoms with Gasteiger partial charge in [0.15, 0.2) is 5.92 Å². The molecule has 0 unspecified atom stereocenters. The minimum atomic E-state index is -1.45. The Hall–Kier alpha value is -3.14. The van der Waals surface area contributed by atoms with Crippen molar-refractivity contribution in [2.45, 2.75) is 6.42 Å². The van der Waals surface area contributed by atoms with E-state index in [1.165, 1.54) is 0 Å². The van der Waals surface area contributed by atoms with E-state index >= 15 is 0 Å². The highest BCUT2D eigenvalue weighted by molar-refractivity contribution is 5.95. The molecular formula is C20H16O4. The number of aliphatic carboxylic acids is 2. The van der Waals surface area contributed by atoms with Crippen LogP contribution in [-0.4, -0.2) is 22.2 Å². The summed E-state index contributed by atoms with van der Waals surface area (Å²) in [7, 11) is 0. The molecule has 3 rings (SSSR count). The SMILES string of the molecule is O=C(O)C(CC=C1c2ccccc2C=Cc2ccccc21)C(=O)O. The standard InChI is InChI=1S/C20H16O4/c21-19(22)18(20(23)24)12-11-17-15-7-3-1-5-13(15)9-10-14-6-2-4-8-16(14)17/h1-11,18H,12H2,(H,21,22)(H,23,24). The van der Waals surface area contributed by atoms with Crippen molar-refractivity contribution >= 4 is 29.7 Å². The predicted octanol–water partition coefficient (Wildman–Crippen LogP) is 3.78. The van der Waals surface area contributed by atoms with Gasteiger partial charge < -0.3 is 10.2 Å². The van der Waals surface area contributed by atoms with Crippen molar-refractivity contribution < 1.29 is 19.8 Å². The molecule has 1 aliphatic rings. The summed E-state index contributed by atoms with van der Waals surface area (Å²) in [6.45, 7) is 0. The quantitative estimate of drug-likeness (QED) is 0.717. The Balaban J connectivity index is 2.12. The Morgan fingerprint density at radius 3 is 1.75 bits per heavy atom. The fourth-order valence-corrected chi connectivity index (χ4v) is 2.86. The van der Waals surface area contributed by atoms with E-state index in [0.717, 1.165) is 27.8 Å². The first kappa shape index (κ1) is 15.7. The van der Waals surface area contributed by atoms with Gasteiger partial charge in [-0.15, -0.1) is 0 Å². The summed E-state index contributed by atoms with van der Waals surface area (Å²) in [5.74, 6) is -4.10. The van der Waals surface area contributed by atoms with Crippen molar-refractivity contribution in [1.82, 2.24) is 0 Å². The van der Waals surface area contributed by atoms with Gasteiger partial charge in [-0.2, -0.15) is 0 Å². The lowest BCUT2D eigenvalue weighted by atomic mass is 9.91. The van der Waals surface area contributed by atoms with Gasteiger partial charge in [0.2, 0.25) is 0 Å². The lowest BCUT2D eigenvalue weighted by Gasteiger charge is -2.13. The number of carbonyl (C=O) groups is 2. The van der Waals surface area contributed by atoms with Gasteiger partial charge >= 0.3 is 11.9 Å². The summed E-state index contributed by atoms with van der Waals surface area (Å²) in [5, 5.41) is 18.2. The third kappa shape index (κ3) is 2.99. The summed E-state index contributed by atoms with van der Waals surface area (Å²) in [4.78, 5) is 22.3. The average molecular weight is 320 g/mol. The Labute approximate surface area is 139 Å². The minimum absolute atomic E-state index is 0.0668. The molecular weight excluding hydrogens is 304 g/mol. The Morgan fingerprint density at radius 1 is 0.833 bits per heavy atom. The number of fused-ring (bicyclic) bond motifs is 2. The second-order valence-electron chi connectivity index (χ2n) is 5.59. The zero-order valence-electron chi connectivity index (χ0n) is 12.8. The minimum Gasteiger partial charge on any atom is -0.481 e. The lowest BCUT2D eigenvalue weighted by molar-refractivity contribution is -0.154. The third-order valence-electron chi connectivity index (χ3n) is 4.10. The smallest absolute Gasteiger partial charge is 0.318 e. The van der Waals surface area contributed by atoms with Crippen LogP contribution in [0.5, 0.6) is 0 Å². The maximum absolute atomic E-state index is 11.2. The van der Waals surface area contributed by atoms with E-state index in [2.05, 4.69) is 0 Å². The van der Waals surface area contributed by atoms with Crippen molar-refractivity contribution in [2.24, 2.45) is 5.92 Å². The first-order chi connectivity index (χ1) is 11.6. The van der Waals surface area contributed by atoms with Crippen LogP contribution in [0.25, 0.3) is 17.7 Å². The molecule has 0 spiro atoms. The monoisotopic (exact) mass is 320 g/mol. The van der Waals surface area contributed by atoms with E-state index in [-0.39, 0.29) is 6.42 Å². The van der Waals surface area contributed by atoms with Gasteiger partial charge in [-0.1, -0.05) is 66.8 Å². The number of carboxylic acid groups (broad SMARTS) is 2. The molecule has 4 nitrogen and oxygen atoms in total. The van der Waals surface area contributed by atoms with E-state index in [0.29, 0.717) is 0 Å². The number of hydrogen-bond donors (Lipinski definition) is 2. The molecule has 2 N–H and O–H groups in total. The molecule has 0 saturated heterocycles. The highest BCUT2D eigenvalue weighted by Crippen LogP contribution is 2.34. The van der Waals surface area contributed by atoms with Crippen LogP contribution in [0.15, 0.2) is 54.6 Å². The van der Waals surface area contributed by atoms with Crippen LogP contribution in [-0.2, 0) is 9.59 Å². The summed E-state index contributed by atoms with van der Waals surface area (Å²) >= 11 is 0. The molecule has 1 aliphatic carbocycles. The normalized spacial score (nSPS) is 12.3. The molecule has 4 heteroatoms. The number of benzene rings is 2. The van der Waals surface area contributed by atoms with Crippen molar-refractivity contribution in [3.63, 3.8) is 0 Å². The molecule has 0 saturated carbocycles. The fourth-order valence-electron chi connectivity index (χ4n) is 2.86. The predicted molar refractivity (Wildman–Crippen MR) is 92.3 cm³/mol. The van der Waals surface area contributed by atoms with E-state index in [9.17, 15) is 9.59 Å². The maximum atomic E-state index is 11.2. The highest BCUT2D eigenvalue weighted by Gasteiger charge is 2.25. The molecule has 0 bridgehead atoms. The summed E-state index contributed by atoms with van der Waals surface area (Å²) in [6.07, 6.45) is 5.68. The van der Waals surface area contributed by atoms with Gasteiger partial charge in [-0.25, -0.2) is 0 Å². The van der Waals surface area contributed by atoms with E-state index < -0.39 is 17.9 Å².